The Kier molecular flexibility index (Phi) is 3.99. The number of halogens is 1. The average Bonchev–Trinajstić information content (AvgIpc) is 2.26. The van der Waals surface area contributed by atoms with Gasteiger partial charge in [-0.25, -0.2) is 4.39 Å². The summed E-state index contributed by atoms with van der Waals surface area (Å²) in [5.41, 5.74) is 0.664. The third-order valence-electron chi connectivity index (χ3n) is 1.71. The van der Waals surface area contributed by atoms with Crippen LogP contribution in [0.3, 0.4) is 0 Å². The second-order valence-corrected chi connectivity index (χ2v) is 2.73. The van der Waals surface area contributed by atoms with Crippen molar-refractivity contribution >= 4 is 12.4 Å². The van der Waals surface area contributed by atoms with E-state index in [0.29, 0.717) is 11.8 Å². The molecular weight excluding hydrogens is 193 g/mol. The fourth-order valence-electron chi connectivity index (χ4n) is 1.00. The van der Waals surface area contributed by atoms with Crippen LogP contribution in [0.15, 0.2) is 36.4 Å². The van der Waals surface area contributed by atoms with E-state index < -0.39 is 5.82 Å². The molecule has 0 aromatic heterocycles. The van der Waals surface area contributed by atoms with Crippen molar-refractivity contribution in [2.24, 2.45) is 0 Å². The van der Waals surface area contributed by atoms with Crippen molar-refractivity contribution in [3.8, 4) is 6.07 Å². The molecule has 0 saturated heterocycles. The van der Waals surface area contributed by atoms with Crippen LogP contribution in [0.25, 0.3) is 6.08 Å². The van der Waals surface area contributed by atoms with E-state index in [1.807, 2.05) is 6.07 Å². The molecule has 0 radical (unpaired) electrons. The lowest BCUT2D eigenvalue weighted by Gasteiger charge is -1.95. The quantitative estimate of drug-likeness (QED) is 0.428. The second-order valence-electron chi connectivity index (χ2n) is 2.73. The molecule has 2 nitrogen and oxygen atoms in total. The van der Waals surface area contributed by atoms with E-state index in [-0.39, 0.29) is 5.56 Å². The van der Waals surface area contributed by atoms with Gasteiger partial charge in [0.25, 0.3) is 0 Å². The summed E-state index contributed by atoms with van der Waals surface area (Å²) in [7, 11) is 0. The van der Waals surface area contributed by atoms with E-state index in [4.69, 9.17) is 5.26 Å². The largest absolute Gasteiger partial charge is 0.299 e. The fourth-order valence-corrected chi connectivity index (χ4v) is 1.00. The van der Waals surface area contributed by atoms with Gasteiger partial charge in [0.15, 0.2) is 0 Å². The zero-order chi connectivity index (χ0) is 11.1. The number of nitriles is 1. The molecule has 74 valence electrons. The van der Waals surface area contributed by atoms with Gasteiger partial charge in [-0.05, 0) is 18.2 Å². The lowest BCUT2D eigenvalue weighted by Crippen LogP contribution is -1.83. The lowest BCUT2D eigenvalue weighted by molar-refractivity contribution is -0.104. The van der Waals surface area contributed by atoms with E-state index in [9.17, 15) is 9.18 Å². The van der Waals surface area contributed by atoms with Crippen molar-refractivity contribution in [3.05, 3.63) is 53.4 Å². The smallest absolute Gasteiger partial charge is 0.142 e. The van der Waals surface area contributed by atoms with E-state index in [1.165, 1.54) is 36.4 Å². The van der Waals surface area contributed by atoms with Gasteiger partial charge in [-0.2, -0.15) is 5.26 Å². The first-order valence-electron chi connectivity index (χ1n) is 4.26. The van der Waals surface area contributed by atoms with Gasteiger partial charge in [-0.3, -0.25) is 4.79 Å². The highest BCUT2D eigenvalue weighted by Crippen LogP contribution is 2.11. The van der Waals surface area contributed by atoms with Crippen LogP contribution in [-0.2, 0) is 4.79 Å². The van der Waals surface area contributed by atoms with Gasteiger partial charge in [-0.1, -0.05) is 24.3 Å². The molecule has 0 unspecified atom stereocenters. The first-order valence-corrected chi connectivity index (χ1v) is 4.26. The summed E-state index contributed by atoms with van der Waals surface area (Å²) in [5, 5.41) is 8.51. The van der Waals surface area contributed by atoms with Crippen LogP contribution in [-0.4, -0.2) is 6.29 Å². The standard InChI is InChI=1S/C12H8FNO/c13-12-8-10(9-14)5-6-11(12)4-2-1-3-7-15/h1-8H. The van der Waals surface area contributed by atoms with Crippen LogP contribution in [0, 0.1) is 17.1 Å². The highest BCUT2D eigenvalue weighted by Gasteiger charge is 1.98. The number of carbonyl (C=O) groups excluding carboxylic acids is 1. The number of rotatable bonds is 3. The highest BCUT2D eigenvalue weighted by atomic mass is 19.1. The van der Waals surface area contributed by atoms with Crippen molar-refractivity contribution < 1.29 is 9.18 Å². The van der Waals surface area contributed by atoms with Crippen LogP contribution >= 0.6 is 0 Å². The topological polar surface area (TPSA) is 40.9 Å². The van der Waals surface area contributed by atoms with Crippen LogP contribution in [0.1, 0.15) is 11.1 Å². The Morgan fingerprint density at radius 2 is 2.07 bits per heavy atom. The number of carbonyl (C=O) groups is 1. The maximum absolute atomic E-state index is 13.3. The molecule has 0 saturated carbocycles. The fraction of sp³-hybridized carbons (Fsp3) is 0. The minimum atomic E-state index is -0.454. The summed E-state index contributed by atoms with van der Waals surface area (Å²) >= 11 is 0. The monoisotopic (exact) mass is 201 g/mol. The van der Waals surface area contributed by atoms with Crippen LogP contribution < -0.4 is 0 Å². The second kappa shape index (κ2) is 5.51. The van der Waals surface area contributed by atoms with Gasteiger partial charge in [0.05, 0.1) is 11.6 Å². The third kappa shape index (κ3) is 3.20. The number of benzene rings is 1. The van der Waals surface area contributed by atoms with Gasteiger partial charge in [0.2, 0.25) is 0 Å². The molecule has 15 heavy (non-hydrogen) atoms. The van der Waals surface area contributed by atoms with Gasteiger partial charge in [-0.15, -0.1) is 0 Å². The molecule has 0 amide bonds. The number of aldehydes is 1. The van der Waals surface area contributed by atoms with Crippen molar-refractivity contribution in [1.82, 2.24) is 0 Å². The Balaban J connectivity index is 2.88. The van der Waals surface area contributed by atoms with Gasteiger partial charge < -0.3 is 0 Å². The molecule has 1 aromatic carbocycles. The Hall–Kier alpha value is -2.21. The molecule has 0 bridgehead atoms. The summed E-state index contributed by atoms with van der Waals surface area (Å²) < 4.78 is 13.3. The molecule has 0 aliphatic carbocycles. The molecule has 0 aliphatic heterocycles. The summed E-state index contributed by atoms with van der Waals surface area (Å²) in [6.45, 7) is 0. The number of hydrogen-bond acceptors (Lipinski definition) is 2. The first-order chi connectivity index (χ1) is 7.27. The van der Waals surface area contributed by atoms with Crippen LogP contribution in [0.4, 0.5) is 4.39 Å². The Morgan fingerprint density at radius 1 is 1.27 bits per heavy atom. The molecule has 0 fully saturated rings. The molecule has 0 atom stereocenters. The van der Waals surface area contributed by atoms with E-state index >= 15 is 0 Å². The van der Waals surface area contributed by atoms with Crippen molar-refractivity contribution in [2.75, 3.05) is 0 Å². The summed E-state index contributed by atoms with van der Waals surface area (Å²) in [5.74, 6) is -0.454. The van der Waals surface area contributed by atoms with E-state index in [2.05, 4.69) is 0 Å². The zero-order valence-corrected chi connectivity index (χ0v) is 7.85. The molecule has 0 aliphatic rings. The minimum Gasteiger partial charge on any atom is -0.299 e. The molecule has 0 heterocycles. The molecule has 3 heteroatoms. The molecule has 1 rings (SSSR count). The number of hydrogen-bond donors (Lipinski definition) is 0. The van der Waals surface area contributed by atoms with Gasteiger partial charge in [0.1, 0.15) is 12.1 Å². The number of allylic oxidation sites excluding steroid dienone is 3. The zero-order valence-electron chi connectivity index (χ0n) is 7.85. The molecular formula is C12H8FNO. The van der Waals surface area contributed by atoms with Crippen LogP contribution in [0.2, 0.25) is 0 Å². The lowest BCUT2D eigenvalue weighted by atomic mass is 10.1. The normalized spacial score (nSPS) is 10.7. The van der Waals surface area contributed by atoms with E-state index in [1.54, 1.807) is 6.08 Å². The van der Waals surface area contributed by atoms with Gasteiger partial charge >= 0.3 is 0 Å². The summed E-state index contributed by atoms with van der Waals surface area (Å²) in [6, 6.07) is 6.06. The maximum atomic E-state index is 13.3. The predicted molar refractivity (Wildman–Crippen MR) is 55.4 cm³/mol. The average molecular weight is 201 g/mol. The molecule has 0 spiro atoms. The number of nitrogens with zero attached hydrogens (tertiary/aromatic N) is 1. The van der Waals surface area contributed by atoms with Crippen LogP contribution in [0.5, 0.6) is 0 Å². The summed E-state index contributed by atoms with van der Waals surface area (Å²) in [6.07, 6.45) is 6.53. The van der Waals surface area contributed by atoms with Gasteiger partial charge in [0, 0.05) is 5.56 Å². The molecule has 1 aromatic rings. The Labute approximate surface area is 87.0 Å². The predicted octanol–water partition coefficient (Wildman–Crippen LogP) is 2.47. The highest BCUT2D eigenvalue weighted by molar-refractivity contribution is 5.66. The van der Waals surface area contributed by atoms with Crippen molar-refractivity contribution in [2.45, 2.75) is 0 Å². The maximum Gasteiger partial charge on any atom is 0.142 e. The van der Waals surface area contributed by atoms with Crippen molar-refractivity contribution in [3.63, 3.8) is 0 Å². The van der Waals surface area contributed by atoms with Crippen molar-refractivity contribution in [1.29, 1.82) is 5.26 Å². The Morgan fingerprint density at radius 3 is 2.67 bits per heavy atom. The Bertz CT molecular complexity index is 455. The van der Waals surface area contributed by atoms with E-state index in [0.717, 1.165) is 0 Å². The summed E-state index contributed by atoms with van der Waals surface area (Å²) in [4.78, 5) is 9.94. The molecule has 0 N–H and O–H groups in total. The first kappa shape index (κ1) is 10.9. The minimum absolute atomic E-state index is 0.285. The SMILES string of the molecule is N#Cc1ccc(C=CC=CC=O)c(F)c1. The third-order valence-corrected chi connectivity index (χ3v) is 1.71.